The molecule has 0 saturated carbocycles. The maximum Gasteiger partial charge on any atom is 0.263 e. The number of aliphatic hydroxyl groups is 1. The molecule has 2 aliphatic rings. The summed E-state index contributed by atoms with van der Waals surface area (Å²) in [6.45, 7) is 3.64. The molecular weight excluding hydrogens is 452 g/mol. The van der Waals surface area contributed by atoms with Crippen molar-refractivity contribution in [2.24, 2.45) is 0 Å². The summed E-state index contributed by atoms with van der Waals surface area (Å²) in [6.07, 6.45) is 0.828. The Bertz CT molecular complexity index is 1210. The lowest BCUT2D eigenvalue weighted by Gasteiger charge is -2.34. The second kappa shape index (κ2) is 10.5. The minimum atomic E-state index is -0.719. The van der Waals surface area contributed by atoms with Crippen LogP contribution in [0.25, 0.3) is 11.0 Å². The number of carbonyl (C=O) groups is 1. The Morgan fingerprint density at radius 1 is 1.31 bits per heavy atom. The molecule has 0 bridgehead atoms. The van der Waals surface area contributed by atoms with Crippen molar-refractivity contribution in [3.8, 4) is 11.6 Å². The fraction of sp³-hybridized carbons (Fsp3) is 0.417. The fourth-order valence-electron chi connectivity index (χ4n) is 4.28. The number of β-amino-alcohol motifs (C(OH)–C–C–N with tert-alkyl or cyclic N) is 1. The molecule has 3 aromatic rings. The van der Waals surface area contributed by atoms with Gasteiger partial charge in [0.1, 0.15) is 0 Å². The summed E-state index contributed by atoms with van der Waals surface area (Å²) in [5, 5.41) is 17.1. The Labute approximate surface area is 202 Å². The first-order valence-electron chi connectivity index (χ1n) is 11.5. The van der Waals surface area contributed by atoms with Crippen LogP contribution in [0.3, 0.4) is 0 Å². The van der Waals surface area contributed by atoms with Crippen molar-refractivity contribution in [2.75, 3.05) is 51.8 Å². The zero-order chi connectivity index (χ0) is 24.2. The van der Waals surface area contributed by atoms with Crippen LogP contribution in [0.15, 0.2) is 36.5 Å². The van der Waals surface area contributed by atoms with E-state index in [0.717, 1.165) is 17.8 Å². The van der Waals surface area contributed by atoms with Crippen molar-refractivity contribution in [1.82, 2.24) is 25.2 Å². The van der Waals surface area contributed by atoms with E-state index in [-0.39, 0.29) is 18.6 Å². The third kappa shape index (κ3) is 5.49. The average Bonchev–Trinajstić information content (AvgIpc) is 2.88. The Hall–Kier alpha value is -3.38. The van der Waals surface area contributed by atoms with Crippen LogP contribution in [0.2, 0.25) is 0 Å². The van der Waals surface area contributed by atoms with Gasteiger partial charge in [-0.25, -0.2) is 15.0 Å². The topological polar surface area (TPSA) is 131 Å². The van der Waals surface area contributed by atoms with Crippen molar-refractivity contribution in [2.45, 2.75) is 18.8 Å². The van der Waals surface area contributed by atoms with Crippen LogP contribution in [-0.4, -0.2) is 83.5 Å². The van der Waals surface area contributed by atoms with Crippen LogP contribution < -0.4 is 20.1 Å². The lowest BCUT2D eigenvalue weighted by Crippen LogP contribution is -2.47. The van der Waals surface area contributed by atoms with Crippen LogP contribution in [0.1, 0.15) is 17.4 Å². The highest BCUT2D eigenvalue weighted by atomic mass is 16.5. The molecule has 1 fully saturated rings. The van der Waals surface area contributed by atoms with Gasteiger partial charge in [-0.05, 0) is 18.2 Å². The largest absolute Gasteiger partial charge is 0.480 e. The number of amides is 1. The standard InChI is InChI=1S/C24H28N6O5/c1-33-22-11-26-18-4-2-3-17(23(18)29-22)19(31)13-30-7-8-34-16(12-30)10-25-9-15-5-6-20-24(27-15)28-21(32)14-35-20/h2-6,11,16,19,25,31H,7-10,12-14H2,1H3,(H,27,28,32). The van der Waals surface area contributed by atoms with Crippen molar-refractivity contribution in [3.63, 3.8) is 0 Å². The summed E-state index contributed by atoms with van der Waals surface area (Å²) in [5.41, 5.74) is 2.88. The van der Waals surface area contributed by atoms with E-state index in [9.17, 15) is 9.90 Å². The summed E-state index contributed by atoms with van der Waals surface area (Å²) in [5.74, 6) is 1.24. The smallest absolute Gasteiger partial charge is 0.263 e. The Morgan fingerprint density at radius 3 is 3.11 bits per heavy atom. The highest BCUT2D eigenvalue weighted by molar-refractivity contribution is 5.94. The van der Waals surface area contributed by atoms with E-state index in [2.05, 4.69) is 30.5 Å². The predicted molar refractivity (Wildman–Crippen MR) is 127 cm³/mol. The summed E-state index contributed by atoms with van der Waals surface area (Å²) in [4.78, 5) is 27.0. The molecule has 2 unspecified atom stereocenters. The van der Waals surface area contributed by atoms with Gasteiger partial charge in [0.25, 0.3) is 5.91 Å². The second-order valence-corrected chi connectivity index (χ2v) is 8.51. The van der Waals surface area contributed by atoms with Crippen LogP contribution in [-0.2, 0) is 16.1 Å². The number of rotatable bonds is 8. The van der Waals surface area contributed by atoms with Crippen molar-refractivity contribution in [3.05, 3.63) is 47.8 Å². The Morgan fingerprint density at radius 2 is 2.23 bits per heavy atom. The van der Waals surface area contributed by atoms with E-state index in [1.807, 2.05) is 30.3 Å². The minimum absolute atomic E-state index is 0.0125. The lowest BCUT2D eigenvalue weighted by molar-refractivity contribution is -0.118. The number of aromatic nitrogens is 3. The minimum Gasteiger partial charge on any atom is -0.480 e. The average molecular weight is 481 g/mol. The van der Waals surface area contributed by atoms with Crippen molar-refractivity contribution >= 4 is 22.8 Å². The van der Waals surface area contributed by atoms with Crippen LogP contribution >= 0.6 is 0 Å². The van der Waals surface area contributed by atoms with E-state index in [1.54, 1.807) is 13.3 Å². The molecule has 5 rings (SSSR count). The number of nitrogens with zero attached hydrogens (tertiary/aromatic N) is 4. The van der Waals surface area contributed by atoms with Gasteiger partial charge in [0, 0.05) is 38.3 Å². The third-order valence-corrected chi connectivity index (χ3v) is 6.01. The van der Waals surface area contributed by atoms with Crippen LogP contribution in [0.4, 0.5) is 5.82 Å². The second-order valence-electron chi connectivity index (χ2n) is 8.51. The first kappa shape index (κ1) is 23.4. The number of methoxy groups -OCH3 is 1. The molecule has 1 amide bonds. The number of aliphatic hydroxyl groups excluding tert-OH is 1. The SMILES string of the molecule is COc1cnc2cccc(C(O)CN3CCOC(CNCc4ccc5c(n4)NC(=O)CO5)C3)c2n1. The highest BCUT2D eigenvalue weighted by Gasteiger charge is 2.24. The molecule has 1 saturated heterocycles. The number of anilines is 1. The molecule has 0 aliphatic carbocycles. The van der Waals surface area contributed by atoms with E-state index < -0.39 is 6.10 Å². The number of hydrogen-bond acceptors (Lipinski definition) is 10. The summed E-state index contributed by atoms with van der Waals surface area (Å²) >= 11 is 0. The predicted octanol–water partition coefficient (Wildman–Crippen LogP) is 0.888. The van der Waals surface area contributed by atoms with Crippen LogP contribution in [0.5, 0.6) is 11.6 Å². The van der Waals surface area contributed by atoms with Gasteiger partial charge in [0.2, 0.25) is 5.88 Å². The highest BCUT2D eigenvalue weighted by Crippen LogP contribution is 2.26. The number of carbonyl (C=O) groups excluding carboxylic acids is 1. The molecule has 1 aromatic carbocycles. The number of ether oxygens (including phenoxy) is 3. The molecular formula is C24H28N6O5. The monoisotopic (exact) mass is 480 g/mol. The molecule has 2 aromatic heterocycles. The third-order valence-electron chi connectivity index (χ3n) is 6.01. The first-order chi connectivity index (χ1) is 17.1. The summed E-state index contributed by atoms with van der Waals surface area (Å²) < 4.78 is 16.5. The number of pyridine rings is 1. The molecule has 0 radical (unpaired) electrons. The van der Waals surface area contributed by atoms with Gasteiger partial charge in [-0.1, -0.05) is 12.1 Å². The van der Waals surface area contributed by atoms with Crippen molar-refractivity contribution in [1.29, 1.82) is 0 Å². The normalized spacial score (nSPS) is 19.0. The molecule has 0 spiro atoms. The number of hydrogen-bond donors (Lipinski definition) is 3. The van der Waals surface area contributed by atoms with Gasteiger partial charge in [0.05, 0.1) is 48.8 Å². The van der Waals surface area contributed by atoms with Gasteiger partial charge in [0.15, 0.2) is 18.2 Å². The van der Waals surface area contributed by atoms with Gasteiger partial charge in [-0.2, -0.15) is 0 Å². The maximum atomic E-state index is 11.5. The number of fused-ring (bicyclic) bond motifs is 2. The summed E-state index contributed by atoms with van der Waals surface area (Å²) in [6, 6.07) is 9.30. The number of para-hydroxylation sites is 1. The molecule has 2 aliphatic heterocycles. The molecule has 11 nitrogen and oxygen atoms in total. The number of benzene rings is 1. The molecule has 35 heavy (non-hydrogen) atoms. The van der Waals surface area contributed by atoms with E-state index in [4.69, 9.17) is 14.2 Å². The van der Waals surface area contributed by atoms with Crippen molar-refractivity contribution < 1.29 is 24.1 Å². The Kier molecular flexibility index (Phi) is 7.00. The van der Waals surface area contributed by atoms with E-state index in [1.165, 1.54) is 0 Å². The molecule has 11 heteroatoms. The number of nitrogens with one attached hydrogen (secondary N) is 2. The first-order valence-corrected chi connectivity index (χ1v) is 11.5. The van der Waals surface area contributed by atoms with Gasteiger partial charge >= 0.3 is 0 Å². The zero-order valence-corrected chi connectivity index (χ0v) is 19.4. The zero-order valence-electron chi connectivity index (χ0n) is 19.4. The van der Waals surface area contributed by atoms with E-state index in [0.29, 0.717) is 61.3 Å². The molecule has 184 valence electrons. The van der Waals surface area contributed by atoms with Gasteiger partial charge in [-0.15, -0.1) is 0 Å². The molecule has 2 atom stereocenters. The molecule has 3 N–H and O–H groups in total. The molecule has 4 heterocycles. The summed E-state index contributed by atoms with van der Waals surface area (Å²) in [7, 11) is 1.55. The van der Waals surface area contributed by atoms with E-state index >= 15 is 0 Å². The lowest BCUT2D eigenvalue weighted by atomic mass is 10.1. The maximum absolute atomic E-state index is 11.5. The van der Waals surface area contributed by atoms with Gasteiger partial charge in [-0.3, -0.25) is 9.69 Å². The Balaban J connectivity index is 1.15. The number of morpholine rings is 1. The quantitative estimate of drug-likeness (QED) is 0.427. The van der Waals surface area contributed by atoms with Gasteiger partial charge < -0.3 is 30.0 Å². The fourth-order valence-corrected chi connectivity index (χ4v) is 4.28. The van der Waals surface area contributed by atoms with Crippen LogP contribution in [0, 0.1) is 0 Å².